The van der Waals surface area contributed by atoms with E-state index in [0.29, 0.717) is 25.0 Å². The van der Waals surface area contributed by atoms with Crippen molar-refractivity contribution in [3.8, 4) is 22.3 Å². The molecule has 4 unspecified atom stereocenters. The number of benzene rings is 4. The molecule has 4 aromatic rings. The van der Waals surface area contributed by atoms with E-state index in [0.717, 1.165) is 0 Å². The number of hydrogen-bond donors (Lipinski definition) is 0. The van der Waals surface area contributed by atoms with Gasteiger partial charge in [0, 0.05) is 0 Å². The molecule has 0 bridgehead atoms. The second-order valence-corrected chi connectivity index (χ2v) is 47.6. The Morgan fingerprint density at radius 2 is 1.08 bits per heavy atom. The SMILES string of the molecule is CCC(C)c1ccc(-c2cccc3c2C=C(C)[CH]3[Zr]([CH3])([CH3])(=[SiH2])[CH]2C(C3CCCCC3)=Cc3c(-c4ccc(C(C)CC)cc4)cccc32)cc1.Cl.Cl. The average molecular weight is 815 g/mol. The first kappa shape index (κ1) is 40.2. The third-order valence-corrected chi connectivity index (χ3v) is 30.8. The van der Waals surface area contributed by atoms with E-state index >= 15 is 0 Å². The van der Waals surface area contributed by atoms with E-state index < -0.39 is 17.4 Å². The second kappa shape index (κ2) is 15.8. The van der Waals surface area contributed by atoms with Crippen molar-refractivity contribution in [1.29, 1.82) is 0 Å². The third kappa shape index (κ3) is 7.31. The number of hydrogen-bond acceptors (Lipinski definition) is 0. The van der Waals surface area contributed by atoms with Crippen LogP contribution in [0.5, 0.6) is 0 Å². The van der Waals surface area contributed by atoms with Crippen molar-refractivity contribution in [2.45, 2.75) is 108 Å². The van der Waals surface area contributed by atoms with Crippen LogP contribution in [0.15, 0.2) is 96.1 Å². The van der Waals surface area contributed by atoms with Crippen LogP contribution in [-0.4, -0.2) is 6.88 Å². The molecule has 0 aromatic heterocycles. The molecule has 0 N–H and O–H groups in total. The van der Waals surface area contributed by atoms with Gasteiger partial charge in [-0.1, -0.05) is 0 Å². The van der Waals surface area contributed by atoms with Gasteiger partial charge in [-0.25, -0.2) is 0 Å². The van der Waals surface area contributed by atoms with Gasteiger partial charge in [-0.05, 0) is 0 Å². The van der Waals surface area contributed by atoms with Crippen LogP contribution in [-0.2, 0) is 17.4 Å². The van der Waals surface area contributed by atoms with Crippen LogP contribution in [0.1, 0.15) is 132 Å². The molecule has 0 spiro atoms. The van der Waals surface area contributed by atoms with Crippen LogP contribution < -0.4 is 0 Å². The molecule has 0 radical (unpaired) electrons. The summed E-state index contributed by atoms with van der Waals surface area (Å²) in [5, 5.41) is 0. The zero-order valence-electron chi connectivity index (χ0n) is 32.1. The first-order valence-electron chi connectivity index (χ1n) is 19.4. The van der Waals surface area contributed by atoms with E-state index in [1.807, 2.05) is 0 Å². The van der Waals surface area contributed by atoms with Gasteiger partial charge in [-0.2, -0.15) is 0 Å². The van der Waals surface area contributed by atoms with Gasteiger partial charge in [0.05, 0.1) is 0 Å². The van der Waals surface area contributed by atoms with Crippen LogP contribution in [0.4, 0.5) is 0 Å². The smallest absolute Gasteiger partial charge is 0.147 e. The Morgan fingerprint density at radius 1 is 0.627 bits per heavy atom. The predicted molar refractivity (Wildman–Crippen MR) is 230 cm³/mol. The van der Waals surface area contributed by atoms with Crippen LogP contribution in [0.3, 0.4) is 0 Å². The van der Waals surface area contributed by atoms with Gasteiger partial charge in [0.2, 0.25) is 0 Å². The minimum absolute atomic E-state index is 0. The molecular formula is C47H60Cl2SiZr. The molecule has 4 aromatic carbocycles. The summed E-state index contributed by atoms with van der Waals surface area (Å²) in [6, 6.07) is 33.6. The number of rotatable bonds is 9. The zero-order valence-corrected chi connectivity index (χ0v) is 37.6. The van der Waals surface area contributed by atoms with Crippen molar-refractivity contribution in [3.05, 3.63) is 129 Å². The van der Waals surface area contributed by atoms with Crippen molar-refractivity contribution < 1.29 is 17.4 Å². The molecule has 270 valence electrons. The van der Waals surface area contributed by atoms with Crippen molar-refractivity contribution in [1.82, 2.24) is 0 Å². The Morgan fingerprint density at radius 3 is 1.55 bits per heavy atom. The Kier molecular flexibility index (Phi) is 12.5. The fourth-order valence-electron chi connectivity index (χ4n) is 10.2. The minimum atomic E-state index is -3.70. The van der Waals surface area contributed by atoms with Crippen LogP contribution in [0, 0.1) is 5.92 Å². The molecule has 0 amide bonds. The molecule has 1 saturated carbocycles. The van der Waals surface area contributed by atoms with Crippen LogP contribution >= 0.6 is 24.8 Å². The predicted octanol–water partition coefficient (Wildman–Crippen LogP) is 14.4. The maximum Gasteiger partial charge on any atom is -0.147 e. The summed E-state index contributed by atoms with van der Waals surface area (Å²) < 4.78 is 6.76. The summed E-state index contributed by atoms with van der Waals surface area (Å²) in [7, 11) is 0. The number of halogens is 2. The van der Waals surface area contributed by atoms with Crippen molar-refractivity contribution >= 4 is 43.8 Å². The van der Waals surface area contributed by atoms with Gasteiger partial charge in [0.1, 0.15) is 0 Å². The van der Waals surface area contributed by atoms with E-state index in [1.54, 1.807) is 22.3 Å². The van der Waals surface area contributed by atoms with Crippen molar-refractivity contribution in [3.63, 3.8) is 0 Å². The Bertz CT molecular complexity index is 1990. The third-order valence-electron chi connectivity index (χ3n) is 13.2. The largest absolute Gasteiger partial charge is 0.147 e. The fourth-order valence-corrected chi connectivity index (χ4v) is 30.5. The summed E-state index contributed by atoms with van der Waals surface area (Å²) in [4.78, 5) is 0. The van der Waals surface area contributed by atoms with E-state index in [9.17, 15) is 0 Å². The van der Waals surface area contributed by atoms with E-state index in [1.165, 1.54) is 89.5 Å². The van der Waals surface area contributed by atoms with E-state index in [2.05, 4.69) is 148 Å². The zero-order chi connectivity index (χ0) is 34.5. The van der Waals surface area contributed by atoms with Gasteiger partial charge in [0.15, 0.2) is 0 Å². The van der Waals surface area contributed by atoms with Gasteiger partial charge in [0.25, 0.3) is 0 Å². The van der Waals surface area contributed by atoms with Crippen molar-refractivity contribution in [2.24, 2.45) is 5.92 Å². The molecule has 0 nitrogen and oxygen atoms in total. The monoisotopic (exact) mass is 812 g/mol. The Labute approximate surface area is 324 Å². The molecule has 3 aliphatic rings. The minimum Gasteiger partial charge on any atom is -0.147 e. The first-order valence-corrected chi connectivity index (χ1v) is 33.1. The summed E-state index contributed by atoms with van der Waals surface area (Å²) >= 11 is -3.70. The summed E-state index contributed by atoms with van der Waals surface area (Å²) in [6.45, 7) is 14.2. The summed E-state index contributed by atoms with van der Waals surface area (Å²) in [5.41, 5.74) is 18.1. The molecule has 0 aliphatic heterocycles. The molecule has 0 saturated heterocycles. The molecule has 3 aliphatic carbocycles. The maximum absolute atomic E-state index is 3.70. The molecular weight excluding hydrogens is 755 g/mol. The maximum atomic E-state index is 2.83. The molecule has 1 fully saturated rings. The Balaban J connectivity index is 0.00000252. The molecule has 0 heterocycles. The topological polar surface area (TPSA) is 0 Å². The van der Waals surface area contributed by atoms with Gasteiger partial charge in [-0.3, -0.25) is 0 Å². The van der Waals surface area contributed by atoms with Crippen molar-refractivity contribution in [2.75, 3.05) is 0 Å². The normalized spacial score (nSPS) is 19.9. The quantitative estimate of drug-likeness (QED) is 0.148. The second-order valence-electron chi connectivity index (χ2n) is 17.1. The molecule has 4 atom stereocenters. The molecule has 7 rings (SSSR count). The summed E-state index contributed by atoms with van der Waals surface area (Å²) in [6.07, 6.45) is 14.5. The van der Waals surface area contributed by atoms with E-state index in [4.69, 9.17) is 0 Å². The van der Waals surface area contributed by atoms with E-state index in [-0.39, 0.29) is 24.8 Å². The van der Waals surface area contributed by atoms with Gasteiger partial charge in [-0.15, -0.1) is 24.8 Å². The standard InChI is InChI=1S/C25H29.C20H21.2CH3.2ClH.H2Si.Zr/c1-3-18(2)19-12-14-21(15-13-19)24-11-7-10-22-16-23(17-25(22)24)20-8-5-4-6-9-20;1-4-15(3)16-8-10-17(11-9-16)19-7-5-6-18-12-14(2)13-20(18)19;;;;;;/h7,10-18,20H,3-6,8-9H2,1-2H3;5-13,15H,4H2,1-3H3;2*1H3;2*1H;1H2;. The Hall–Kier alpha value is -1.96. The number of fused-ring (bicyclic) bond motifs is 2. The van der Waals surface area contributed by atoms with Gasteiger partial charge < -0.3 is 0 Å². The molecule has 4 heteroatoms. The van der Waals surface area contributed by atoms with Crippen LogP contribution in [0.25, 0.3) is 34.4 Å². The summed E-state index contributed by atoms with van der Waals surface area (Å²) in [5.74, 6) is 1.91. The molecule has 51 heavy (non-hydrogen) atoms. The van der Waals surface area contributed by atoms with Gasteiger partial charge >= 0.3 is 302 Å². The first-order chi connectivity index (χ1) is 23.5. The van der Waals surface area contributed by atoms with Crippen LogP contribution in [0.2, 0.25) is 9.26 Å². The number of allylic oxidation sites excluding steroid dienone is 2. The fraction of sp³-hybridized carbons (Fsp3) is 0.404. The average Bonchev–Trinajstić information content (AvgIpc) is 3.70.